The predicted octanol–water partition coefficient (Wildman–Crippen LogP) is 3.86. The maximum atomic E-state index is 12.4. The summed E-state index contributed by atoms with van der Waals surface area (Å²) in [5.41, 5.74) is 5.47. The van der Waals surface area contributed by atoms with Crippen LogP contribution in [0.15, 0.2) is 36.4 Å². The monoisotopic (exact) mass is 247 g/mol. The SMILES string of the molecule is Cl.Nc1cccc2cc(C(F)(F)F)ccc12. The van der Waals surface area contributed by atoms with Gasteiger partial charge in [0, 0.05) is 11.1 Å². The standard InChI is InChI=1S/C11H8F3N.ClH/c12-11(13,14)8-4-5-9-7(6-8)2-1-3-10(9)15;/h1-6H,15H2;1H. The summed E-state index contributed by atoms with van der Waals surface area (Å²) < 4.78 is 37.2. The van der Waals surface area contributed by atoms with E-state index in [9.17, 15) is 13.2 Å². The number of rotatable bonds is 0. The molecule has 2 rings (SSSR count). The quantitative estimate of drug-likeness (QED) is 0.703. The fourth-order valence-electron chi connectivity index (χ4n) is 1.49. The topological polar surface area (TPSA) is 26.0 Å². The van der Waals surface area contributed by atoms with E-state index in [0.29, 0.717) is 16.5 Å². The first kappa shape index (κ1) is 12.6. The smallest absolute Gasteiger partial charge is 0.398 e. The van der Waals surface area contributed by atoms with Crippen molar-refractivity contribution in [3.8, 4) is 0 Å². The largest absolute Gasteiger partial charge is 0.416 e. The van der Waals surface area contributed by atoms with Crippen LogP contribution in [0.2, 0.25) is 0 Å². The Hall–Kier alpha value is -1.42. The third-order valence-corrected chi connectivity index (χ3v) is 2.24. The fraction of sp³-hybridized carbons (Fsp3) is 0.0909. The number of alkyl halides is 3. The molecule has 2 aromatic carbocycles. The van der Waals surface area contributed by atoms with Gasteiger partial charge in [-0.05, 0) is 23.6 Å². The van der Waals surface area contributed by atoms with Gasteiger partial charge in [-0.1, -0.05) is 18.2 Å². The summed E-state index contributed by atoms with van der Waals surface area (Å²) >= 11 is 0. The maximum absolute atomic E-state index is 12.4. The van der Waals surface area contributed by atoms with Crippen molar-refractivity contribution >= 4 is 28.9 Å². The zero-order chi connectivity index (χ0) is 11.1. The van der Waals surface area contributed by atoms with Gasteiger partial charge in [0.05, 0.1) is 5.56 Å². The second-order valence-corrected chi connectivity index (χ2v) is 3.28. The molecule has 0 bridgehead atoms. The van der Waals surface area contributed by atoms with Crippen molar-refractivity contribution in [2.24, 2.45) is 0 Å². The summed E-state index contributed by atoms with van der Waals surface area (Å²) in [6, 6.07) is 8.45. The molecule has 0 spiro atoms. The Labute approximate surface area is 96.5 Å². The Kier molecular flexibility index (Phi) is 3.33. The van der Waals surface area contributed by atoms with E-state index < -0.39 is 11.7 Å². The second-order valence-electron chi connectivity index (χ2n) is 3.28. The molecule has 0 aromatic heterocycles. The van der Waals surface area contributed by atoms with Gasteiger partial charge in [-0.3, -0.25) is 0 Å². The molecule has 0 amide bonds. The van der Waals surface area contributed by atoms with Crippen LogP contribution in [0.4, 0.5) is 18.9 Å². The molecule has 0 saturated carbocycles. The van der Waals surface area contributed by atoms with Crippen molar-refractivity contribution in [2.75, 3.05) is 5.73 Å². The van der Waals surface area contributed by atoms with Gasteiger partial charge in [0.2, 0.25) is 0 Å². The first-order chi connectivity index (χ1) is 6.98. The third kappa shape index (κ3) is 2.22. The van der Waals surface area contributed by atoms with E-state index >= 15 is 0 Å². The zero-order valence-electron chi connectivity index (χ0n) is 8.08. The average Bonchev–Trinajstić information content (AvgIpc) is 2.16. The lowest BCUT2D eigenvalue weighted by molar-refractivity contribution is -0.137. The van der Waals surface area contributed by atoms with Gasteiger partial charge < -0.3 is 5.73 Å². The van der Waals surface area contributed by atoms with Crippen LogP contribution in [0.3, 0.4) is 0 Å². The Morgan fingerprint density at radius 3 is 2.31 bits per heavy atom. The lowest BCUT2D eigenvalue weighted by Crippen LogP contribution is -2.04. The number of hydrogen-bond acceptors (Lipinski definition) is 1. The summed E-state index contributed by atoms with van der Waals surface area (Å²) in [7, 11) is 0. The highest BCUT2D eigenvalue weighted by atomic mass is 35.5. The van der Waals surface area contributed by atoms with Crippen LogP contribution in [0, 0.1) is 0 Å². The number of halogens is 4. The number of nitrogen functional groups attached to an aromatic ring is 1. The molecule has 0 fully saturated rings. The van der Waals surface area contributed by atoms with Crippen LogP contribution in [0.25, 0.3) is 10.8 Å². The van der Waals surface area contributed by atoms with Crippen molar-refractivity contribution in [1.82, 2.24) is 0 Å². The number of anilines is 1. The highest BCUT2D eigenvalue weighted by Crippen LogP contribution is 2.32. The van der Waals surface area contributed by atoms with Crippen LogP contribution in [-0.2, 0) is 6.18 Å². The summed E-state index contributed by atoms with van der Waals surface area (Å²) in [6.07, 6.45) is -4.31. The summed E-state index contributed by atoms with van der Waals surface area (Å²) in [6.45, 7) is 0. The van der Waals surface area contributed by atoms with Crippen LogP contribution in [-0.4, -0.2) is 0 Å². The molecular weight excluding hydrogens is 239 g/mol. The molecule has 16 heavy (non-hydrogen) atoms. The van der Waals surface area contributed by atoms with E-state index in [2.05, 4.69) is 0 Å². The minimum absolute atomic E-state index is 0. The number of nitrogens with two attached hydrogens (primary N) is 1. The van der Waals surface area contributed by atoms with Gasteiger partial charge in [0.15, 0.2) is 0 Å². The van der Waals surface area contributed by atoms with Crippen molar-refractivity contribution in [2.45, 2.75) is 6.18 Å². The van der Waals surface area contributed by atoms with Crippen LogP contribution in [0.1, 0.15) is 5.56 Å². The molecule has 2 N–H and O–H groups in total. The van der Waals surface area contributed by atoms with Gasteiger partial charge in [-0.15, -0.1) is 12.4 Å². The average molecular weight is 248 g/mol. The number of fused-ring (bicyclic) bond motifs is 1. The summed E-state index contributed by atoms with van der Waals surface area (Å²) in [5.74, 6) is 0. The molecule has 0 unspecified atom stereocenters. The molecule has 5 heteroatoms. The predicted molar refractivity (Wildman–Crippen MR) is 60.6 cm³/mol. The molecule has 0 saturated heterocycles. The van der Waals surface area contributed by atoms with E-state index in [0.717, 1.165) is 12.1 Å². The van der Waals surface area contributed by atoms with Gasteiger partial charge >= 0.3 is 6.18 Å². The highest BCUT2D eigenvalue weighted by molar-refractivity contribution is 5.93. The zero-order valence-corrected chi connectivity index (χ0v) is 8.90. The molecule has 0 aliphatic heterocycles. The maximum Gasteiger partial charge on any atom is 0.416 e. The van der Waals surface area contributed by atoms with Crippen molar-refractivity contribution in [1.29, 1.82) is 0 Å². The molecule has 2 aromatic rings. The minimum atomic E-state index is -4.31. The highest BCUT2D eigenvalue weighted by Gasteiger charge is 2.30. The third-order valence-electron chi connectivity index (χ3n) is 2.24. The van der Waals surface area contributed by atoms with E-state index in [1.807, 2.05) is 0 Å². The molecular formula is C11H9ClF3N. The normalized spacial score (nSPS) is 11.2. The van der Waals surface area contributed by atoms with Crippen molar-refractivity contribution in [3.63, 3.8) is 0 Å². The second kappa shape index (κ2) is 4.22. The minimum Gasteiger partial charge on any atom is -0.398 e. The van der Waals surface area contributed by atoms with Crippen LogP contribution < -0.4 is 5.73 Å². The Morgan fingerprint density at radius 1 is 1.00 bits per heavy atom. The Bertz CT molecular complexity index is 508. The molecule has 0 aliphatic carbocycles. The Morgan fingerprint density at radius 2 is 1.69 bits per heavy atom. The van der Waals surface area contributed by atoms with E-state index in [-0.39, 0.29) is 12.4 Å². The van der Waals surface area contributed by atoms with Crippen LogP contribution in [0.5, 0.6) is 0 Å². The van der Waals surface area contributed by atoms with Gasteiger partial charge in [0.1, 0.15) is 0 Å². The van der Waals surface area contributed by atoms with Crippen molar-refractivity contribution in [3.05, 3.63) is 42.0 Å². The van der Waals surface area contributed by atoms with E-state index in [4.69, 9.17) is 5.73 Å². The summed E-state index contributed by atoms with van der Waals surface area (Å²) in [5, 5.41) is 1.15. The molecule has 1 nitrogen and oxygen atoms in total. The van der Waals surface area contributed by atoms with Crippen LogP contribution >= 0.6 is 12.4 Å². The first-order valence-electron chi connectivity index (χ1n) is 4.34. The molecule has 0 atom stereocenters. The molecule has 0 radical (unpaired) electrons. The van der Waals surface area contributed by atoms with Crippen molar-refractivity contribution < 1.29 is 13.2 Å². The van der Waals surface area contributed by atoms with E-state index in [1.165, 1.54) is 6.07 Å². The first-order valence-corrected chi connectivity index (χ1v) is 4.34. The Balaban J connectivity index is 0.00000128. The molecule has 86 valence electrons. The lowest BCUT2D eigenvalue weighted by Gasteiger charge is -2.08. The molecule has 0 aliphatic rings. The van der Waals surface area contributed by atoms with E-state index in [1.54, 1.807) is 18.2 Å². The lowest BCUT2D eigenvalue weighted by atomic mass is 10.1. The fourth-order valence-corrected chi connectivity index (χ4v) is 1.49. The number of hydrogen-bond donors (Lipinski definition) is 1. The molecule has 0 heterocycles. The van der Waals surface area contributed by atoms with Gasteiger partial charge in [-0.2, -0.15) is 13.2 Å². The van der Waals surface area contributed by atoms with Gasteiger partial charge in [0.25, 0.3) is 0 Å². The summed E-state index contributed by atoms with van der Waals surface area (Å²) in [4.78, 5) is 0. The number of benzene rings is 2. The van der Waals surface area contributed by atoms with Gasteiger partial charge in [-0.25, -0.2) is 0 Å².